The Morgan fingerprint density at radius 2 is 2.05 bits per heavy atom. The molecular formula is C14H24N2O4S. The summed E-state index contributed by atoms with van der Waals surface area (Å²) in [4.78, 5) is 27.5. The van der Waals surface area contributed by atoms with E-state index < -0.39 is 12.0 Å². The molecule has 0 aromatic carbocycles. The van der Waals surface area contributed by atoms with Gasteiger partial charge in [0.1, 0.15) is 6.04 Å². The van der Waals surface area contributed by atoms with E-state index >= 15 is 0 Å². The topological polar surface area (TPSA) is 81.1 Å². The van der Waals surface area contributed by atoms with Crippen LogP contribution in [0.25, 0.3) is 0 Å². The van der Waals surface area contributed by atoms with E-state index in [1.807, 2.05) is 13.8 Å². The van der Waals surface area contributed by atoms with Crippen LogP contribution in [-0.2, 0) is 4.79 Å². The summed E-state index contributed by atoms with van der Waals surface area (Å²) in [7, 11) is 0. The average molecular weight is 316 g/mol. The number of carbonyl (C=O) groups is 2. The smallest absolute Gasteiger partial charge is 0.327 e. The number of thioether (sulfide) groups is 1. The number of aliphatic hydroxyl groups is 1. The van der Waals surface area contributed by atoms with Gasteiger partial charge in [-0.1, -0.05) is 0 Å². The number of hydrogen-bond donors (Lipinski definition) is 2. The van der Waals surface area contributed by atoms with E-state index in [0.29, 0.717) is 24.6 Å². The number of rotatable bonds is 6. The van der Waals surface area contributed by atoms with Gasteiger partial charge in [0.25, 0.3) is 0 Å². The minimum absolute atomic E-state index is 0.00558. The van der Waals surface area contributed by atoms with Crippen LogP contribution < -0.4 is 0 Å². The van der Waals surface area contributed by atoms with Crippen molar-refractivity contribution in [3.63, 3.8) is 0 Å². The van der Waals surface area contributed by atoms with Gasteiger partial charge in [-0.25, -0.2) is 9.59 Å². The van der Waals surface area contributed by atoms with E-state index in [9.17, 15) is 14.7 Å². The fourth-order valence-electron chi connectivity index (χ4n) is 2.67. The molecule has 1 saturated carbocycles. The van der Waals surface area contributed by atoms with Crippen molar-refractivity contribution in [2.45, 2.75) is 50.6 Å². The zero-order chi connectivity index (χ0) is 15.6. The Bertz CT molecular complexity index is 400. The zero-order valence-electron chi connectivity index (χ0n) is 12.6. The number of carboxylic acids is 1. The molecule has 6 nitrogen and oxygen atoms in total. The third-order valence-corrected chi connectivity index (χ3v) is 5.45. The predicted octanol–water partition coefficient (Wildman–Crippen LogP) is 1.44. The number of aliphatic carboxylic acids is 1. The highest BCUT2D eigenvalue weighted by molar-refractivity contribution is 8.00. The number of nitrogens with zero attached hydrogens (tertiary/aromatic N) is 2. The van der Waals surface area contributed by atoms with E-state index in [-0.39, 0.29) is 24.1 Å². The molecule has 2 aliphatic rings. The fourth-order valence-corrected chi connectivity index (χ4v) is 4.29. The summed E-state index contributed by atoms with van der Waals surface area (Å²) in [5.41, 5.74) is 0. The minimum atomic E-state index is -0.926. The molecule has 1 aliphatic heterocycles. The highest BCUT2D eigenvalue weighted by atomic mass is 32.2. The molecule has 1 heterocycles. The minimum Gasteiger partial charge on any atom is -0.480 e. The fraction of sp³-hybridized carbons (Fsp3) is 0.857. The summed E-state index contributed by atoms with van der Waals surface area (Å²) in [5.74, 6) is -0.0197. The molecule has 0 radical (unpaired) electrons. The molecule has 1 saturated heterocycles. The maximum atomic E-state index is 12.8. The molecule has 2 rings (SSSR count). The van der Waals surface area contributed by atoms with Crippen molar-refractivity contribution in [3.05, 3.63) is 0 Å². The van der Waals surface area contributed by atoms with Crippen LogP contribution in [0.3, 0.4) is 0 Å². The van der Waals surface area contributed by atoms with Crippen LogP contribution in [0.5, 0.6) is 0 Å². The van der Waals surface area contributed by atoms with Crippen LogP contribution in [0.4, 0.5) is 4.79 Å². The van der Waals surface area contributed by atoms with Crippen LogP contribution >= 0.6 is 11.8 Å². The molecule has 21 heavy (non-hydrogen) atoms. The van der Waals surface area contributed by atoms with Crippen molar-refractivity contribution < 1.29 is 19.8 Å². The molecule has 120 valence electrons. The molecule has 2 unspecified atom stereocenters. The first-order valence-corrected chi connectivity index (χ1v) is 8.56. The first kappa shape index (κ1) is 16.4. The Morgan fingerprint density at radius 3 is 2.52 bits per heavy atom. The van der Waals surface area contributed by atoms with E-state index in [1.54, 1.807) is 21.6 Å². The second-order valence-corrected chi connectivity index (χ2v) is 7.12. The molecule has 7 heteroatoms. The lowest BCUT2D eigenvalue weighted by molar-refractivity contribution is -0.141. The SMILES string of the molecule is CC(C)N(CCCO)C(=O)N1C(C(=O)O)CSC1C1CC1. The zero-order valence-corrected chi connectivity index (χ0v) is 13.4. The second-order valence-electron chi connectivity index (χ2n) is 5.97. The number of hydrogen-bond acceptors (Lipinski definition) is 4. The standard InChI is InChI=1S/C14H24N2O4S/c1-9(2)15(6-3-7-17)14(20)16-11(13(18)19)8-21-12(16)10-4-5-10/h9-12,17H,3-8H2,1-2H3,(H,18,19). The molecule has 0 spiro atoms. The maximum absolute atomic E-state index is 12.8. The summed E-state index contributed by atoms with van der Waals surface area (Å²) >= 11 is 1.59. The molecule has 2 N–H and O–H groups in total. The summed E-state index contributed by atoms with van der Waals surface area (Å²) in [6.07, 6.45) is 2.66. The lowest BCUT2D eigenvalue weighted by Gasteiger charge is -2.35. The van der Waals surface area contributed by atoms with Crippen molar-refractivity contribution in [3.8, 4) is 0 Å². The van der Waals surface area contributed by atoms with Gasteiger partial charge < -0.3 is 15.1 Å². The highest BCUT2D eigenvalue weighted by Crippen LogP contribution is 2.45. The Kier molecular flexibility index (Phi) is 5.37. The van der Waals surface area contributed by atoms with E-state index in [2.05, 4.69) is 0 Å². The largest absolute Gasteiger partial charge is 0.480 e. The monoisotopic (exact) mass is 316 g/mol. The average Bonchev–Trinajstić information content (AvgIpc) is 3.16. The Labute approximate surface area is 129 Å². The van der Waals surface area contributed by atoms with Crippen molar-refractivity contribution >= 4 is 23.8 Å². The normalized spacial score (nSPS) is 25.4. The number of aliphatic hydroxyl groups excluding tert-OH is 1. The van der Waals surface area contributed by atoms with Crippen molar-refractivity contribution in [2.75, 3.05) is 18.9 Å². The van der Waals surface area contributed by atoms with Crippen LogP contribution in [0.1, 0.15) is 33.1 Å². The molecule has 0 bridgehead atoms. The Balaban J connectivity index is 2.16. The van der Waals surface area contributed by atoms with E-state index in [4.69, 9.17) is 5.11 Å². The molecule has 1 aliphatic carbocycles. The van der Waals surface area contributed by atoms with Gasteiger partial charge in [0.05, 0.1) is 5.37 Å². The van der Waals surface area contributed by atoms with Gasteiger partial charge >= 0.3 is 12.0 Å². The van der Waals surface area contributed by atoms with Crippen molar-refractivity contribution in [1.29, 1.82) is 0 Å². The van der Waals surface area contributed by atoms with E-state index in [1.165, 1.54) is 0 Å². The lowest BCUT2D eigenvalue weighted by atomic mass is 10.2. The van der Waals surface area contributed by atoms with Gasteiger partial charge in [-0.05, 0) is 39.0 Å². The van der Waals surface area contributed by atoms with Crippen molar-refractivity contribution in [2.24, 2.45) is 5.92 Å². The van der Waals surface area contributed by atoms with Gasteiger partial charge in [-0.15, -0.1) is 11.8 Å². The number of carboxylic acid groups (broad SMARTS) is 1. The van der Waals surface area contributed by atoms with Gasteiger partial charge in [-0.3, -0.25) is 4.90 Å². The number of amides is 2. The lowest BCUT2D eigenvalue weighted by Crippen LogP contribution is -2.54. The van der Waals surface area contributed by atoms with E-state index in [0.717, 1.165) is 12.8 Å². The molecule has 2 amide bonds. The van der Waals surface area contributed by atoms with Crippen LogP contribution in [0.2, 0.25) is 0 Å². The van der Waals surface area contributed by atoms with Gasteiger partial charge in [-0.2, -0.15) is 0 Å². The van der Waals surface area contributed by atoms with Crippen LogP contribution in [-0.4, -0.2) is 68.4 Å². The summed E-state index contributed by atoms with van der Waals surface area (Å²) < 4.78 is 0. The second kappa shape index (κ2) is 6.87. The summed E-state index contributed by atoms with van der Waals surface area (Å²) in [6.45, 7) is 4.32. The number of carbonyl (C=O) groups excluding carboxylic acids is 1. The Hall–Kier alpha value is -0.950. The number of urea groups is 1. The summed E-state index contributed by atoms with van der Waals surface area (Å²) in [5, 5.41) is 18.4. The van der Waals surface area contributed by atoms with Gasteiger partial charge in [0.2, 0.25) is 0 Å². The van der Waals surface area contributed by atoms with Gasteiger partial charge in [0.15, 0.2) is 0 Å². The molecule has 0 aromatic rings. The Morgan fingerprint density at radius 1 is 1.38 bits per heavy atom. The molecule has 0 aromatic heterocycles. The first-order chi connectivity index (χ1) is 9.97. The first-order valence-electron chi connectivity index (χ1n) is 7.51. The van der Waals surface area contributed by atoms with Gasteiger partial charge in [0, 0.05) is 24.9 Å². The highest BCUT2D eigenvalue weighted by Gasteiger charge is 2.49. The molecule has 2 fully saturated rings. The maximum Gasteiger partial charge on any atom is 0.327 e. The third-order valence-electron chi connectivity index (χ3n) is 3.99. The quantitative estimate of drug-likeness (QED) is 0.775. The molecule has 2 atom stereocenters. The van der Waals surface area contributed by atoms with Crippen LogP contribution in [0, 0.1) is 5.92 Å². The van der Waals surface area contributed by atoms with Crippen molar-refractivity contribution in [1.82, 2.24) is 9.80 Å². The van der Waals surface area contributed by atoms with Crippen LogP contribution in [0.15, 0.2) is 0 Å². The predicted molar refractivity (Wildman–Crippen MR) is 81.2 cm³/mol. The molecular weight excluding hydrogens is 292 g/mol. The summed E-state index contributed by atoms with van der Waals surface area (Å²) in [6, 6.07) is -0.944. The third kappa shape index (κ3) is 3.63.